The molecule has 242 valence electrons. The molecule has 0 fully saturated rings. The lowest BCUT2D eigenvalue weighted by Crippen LogP contribution is -2.03. The minimum atomic E-state index is 0.661. The average molecular weight is 663 g/mol. The second kappa shape index (κ2) is 11.2. The van der Waals surface area contributed by atoms with Crippen LogP contribution in [0.3, 0.4) is 0 Å². The minimum absolute atomic E-state index is 0.661. The maximum atomic E-state index is 5.33. The Morgan fingerprint density at radius 1 is 0.346 bits per heavy atom. The highest BCUT2D eigenvalue weighted by molar-refractivity contribution is 6.31. The van der Waals surface area contributed by atoms with Crippen molar-refractivity contribution in [2.75, 3.05) is 0 Å². The van der Waals surface area contributed by atoms with E-state index in [-0.39, 0.29) is 0 Å². The molecule has 8 aromatic carbocycles. The first-order chi connectivity index (χ1) is 25.8. The van der Waals surface area contributed by atoms with Crippen molar-refractivity contribution in [1.29, 1.82) is 0 Å². The Hall–Kier alpha value is -7.04. The number of benzene rings is 8. The number of hydrogen-bond donors (Lipinski definition) is 0. The molecule has 3 aromatic heterocycles. The van der Waals surface area contributed by atoms with E-state index in [0.29, 0.717) is 5.95 Å². The van der Waals surface area contributed by atoms with Crippen LogP contribution in [0.2, 0.25) is 0 Å². The Morgan fingerprint density at radius 2 is 0.942 bits per heavy atom. The van der Waals surface area contributed by atoms with Crippen molar-refractivity contribution >= 4 is 65.3 Å². The van der Waals surface area contributed by atoms with Crippen LogP contribution in [0.4, 0.5) is 0 Å². The number of rotatable bonds is 4. The van der Waals surface area contributed by atoms with Crippen LogP contribution in [-0.2, 0) is 0 Å². The van der Waals surface area contributed by atoms with Gasteiger partial charge in [-0.1, -0.05) is 146 Å². The van der Waals surface area contributed by atoms with Crippen LogP contribution in [0.5, 0.6) is 0 Å². The van der Waals surface area contributed by atoms with Gasteiger partial charge in [0.1, 0.15) is 0 Å². The molecule has 0 radical (unpaired) electrons. The lowest BCUT2D eigenvalue weighted by atomic mass is 10.0. The molecule has 0 saturated carbocycles. The first-order valence-electron chi connectivity index (χ1n) is 17.7. The molecule has 4 heteroatoms. The Morgan fingerprint density at radius 3 is 1.73 bits per heavy atom. The molecule has 0 N–H and O–H groups in total. The molecule has 3 heterocycles. The molecule has 0 saturated heterocycles. The largest absolute Gasteiger partial charge is 0.309 e. The second-order valence-electron chi connectivity index (χ2n) is 13.4. The second-order valence-corrected chi connectivity index (χ2v) is 13.4. The molecule has 0 aliphatic heterocycles. The molecular formula is C48H30N4. The first kappa shape index (κ1) is 28.8. The summed E-state index contributed by atoms with van der Waals surface area (Å²) in [5.74, 6) is 0.661. The topological polar surface area (TPSA) is 35.6 Å². The summed E-state index contributed by atoms with van der Waals surface area (Å²) in [6.07, 6.45) is 0. The fourth-order valence-corrected chi connectivity index (χ4v) is 8.22. The van der Waals surface area contributed by atoms with Gasteiger partial charge in [0, 0.05) is 43.6 Å². The quantitative estimate of drug-likeness (QED) is 0.188. The third-order valence-electron chi connectivity index (χ3n) is 10.5. The summed E-state index contributed by atoms with van der Waals surface area (Å²) in [4.78, 5) is 10.5. The average Bonchev–Trinajstić information content (AvgIpc) is 3.74. The molecule has 0 amide bonds. The lowest BCUT2D eigenvalue weighted by Gasteiger charge is -2.12. The normalized spacial score (nSPS) is 11.8. The van der Waals surface area contributed by atoms with Gasteiger partial charge in [-0.05, 0) is 52.9 Å². The van der Waals surface area contributed by atoms with Crippen LogP contribution in [0.15, 0.2) is 182 Å². The van der Waals surface area contributed by atoms with E-state index < -0.39 is 0 Å². The summed E-state index contributed by atoms with van der Waals surface area (Å²) < 4.78 is 4.70. The number of hydrogen-bond acceptors (Lipinski definition) is 2. The Bertz CT molecular complexity index is 3160. The van der Waals surface area contributed by atoms with Gasteiger partial charge < -0.3 is 4.57 Å². The van der Waals surface area contributed by atoms with E-state index in [4.69, 9.17) is 9.97 Å². The van der Waals surface area contributed by atoms with Crippen LogP contribution in [0.1, 0.15) is 0 Å². The van der Waals surface area contributed by atoms with Crippen molar-refractivity contribution in [3.63, 3.8) is 0 Å². The third-order valence-corrected chi connectivity index (χ3v) is 10.5. The maximum absolute atomic E-state index is 5.33. The van der Waals surface area contributed by atoms with Crippen molar-refractivity contribution in [1.82, 2.24) is 19.1 Å². The minimum Gasteiger partial charge on any atom is -0.309 e. The Labute approximate surface area is 299 Å². The zero-order valence-electron chi connectivity index (χ0n) is 28.1. The van der Waals surface area contributed by atoms with Crippen LogP contribution in [0, 0.1) is 0 Å². The van der Waals surface area contributed by atoms with E-state index in [1.807, 2.05) is 6.07 Å². The predicted molar refractivity (Wildman–Crippen MR) is 217 cm³/mol. The summed E-state index contributed by atoms with van der Waals surface area (Å²) >= 11 is 0. The van der Waals surface area contributed by atoms with Crippen LogP contribution in [-0.4, -0.2) is 19.1 Å². The molecule has 0 aliphatic carbocycles. The summed E-state index contributed by atoms with van der Waals surface area (Å²) in [6, 6.07) is 64.8. The molecule has 11 aromatic rings. The predicted octanol–water partition coefficient (Wildman–Crippen LogP) is 12.3. The van der Waals surface area contributed by atoms with E-state index in [1.54, 1.807) is 0 Å². The fraction of sp³-hybridized carbons (Fsp3) is 0. The molecule has 0 atom stereocenters. The van der Waals surface area contributed by atoms with E-state index in [2.05, 4.69) is 185 Å². The van der Waals surface area contributed by atoms with Gasteiger partial charge in [-0.15, -0.1) is 0 Å². The van der Waals surface area contributed by atoms with Crippen molar-refractivity contribution < 1.29 is 0 Å². The van der Waals surface area contributed by atoms with Gasteiger partial charge in [0.15, 0.2) is 0 Å². The zero-order chi connectivity index (χ0) is 34.2. The SMILES string of the molecule is c1ccc(-c2ccc(-n3c4ccc5c(c6ccccc6n5-c5nc(-c6ccccc6)c6ccccc6n5)c4c4ccc5ccccc5c43)cc2)cc1. The summed E-state index contributed by atoms with van der Waals surface area (Å²) in [7, 11) is 0. The molecule has 4 nitrogen and oxygen atoms in total. The van der Waals surface area contributed by atoms with Crippen LogP contribution in [0.25, 0.3) is 99.3 Å². The highest BCUT2D eigenvalue weighted by Gasteiger charge is 2.23. The molecular weight excluding hydrogens is 633 g/mol. The number of nitrogens with zero attached hydrogens (tertiary/aromatic N) is 4. The van der Waals surface area contributed by atoms with Gasteiger partial charge in [-0.3, -0.25) is 4.57 Å². The molecule has 11 rings (SSSR count). The van der Waals surface area contributed by atoms with Gasteiger partial charge in [0.25, 0.3) is 0 Å². The number of fused-ring (bicyclic) bond motifs is 10. The van der Waals surface area contributed by atoms with Gasteiger partial charge in [0.2, 0.25) is 5.95 Å². The lowest BCUT2D eigenvalue weighted by molar-refractivity contribution is 1.01. The van der Waals surface area contributed by atoms with Crippen molar-refractivity contribution in [2.45, 2.75) is 0 Å². The van der Waals surface area contributed by atoms with Gasteiger partial charge in [-0.2, -0.15) is 0 Å². The van der Waals surface area contributed by atoms with Crippen LogP contribution < -0.4 is 0 Å². The fourth-order valence-electron chi connectivity index (χ4n) is 8.22. The van der Waals surface area contributed by atoms with Crippen LogP contribution >= 0.6 is 0 Å². The van der Waals surface area contributed by atoms with Crippen molar-refractivity contribution in [3.05, 3.63) is 182 Å². The number of para-hydroxylation sites is 2. The highest BCUT2D eigenvalue weighted by atomic mass is 15.2. The highest BCUT2D eigenvalue weighted by Crippen LogP contribution is 2.44. The molecule has 0 aliphatic rings. The first-order valence-corrected chi connectivity index (χ1v) is 17.7. The van der Waals surface area contributed by atoms with Gasteiger partial charge in [-0.25, -0.2) is 9.97 Å². The zero-order valence-corrected chi connectivity index (χ0v) is 28.1. The number of aromatic nitrogens is 4. The Kier molecular flexibility index (Phi) is 6.22. The monoisotopic (exact) mass is 662 g/mol. The van der Waals surface area contributed by atoms with E-state index >= 15 is 0 Å². The summed E-state index contributed by atoms with van der Waals surface area (Å²) in [5, 5.41) is 8.30. The summed E-state index contributed by atoms with van der Waals surface area (Å²) in [6.45, 7) is 0. The van der Waals surface area contributed by atoms with E-state index in [1.165, 1.54) is 54.5 Å². The van der Waals surface area contributed by atoms with Crippen molar-refractivity contribution in [2.24, 2.45) is 0 Å². The molecule has 0 bridgehead atoms. The Balaban J connectivity index is 1.25. The van der Waals surface area contributed by atoms with E-state index in [0.717, 1.165) is 38.9 Å². The van der Waals surface area contributed by atoms with E-state index in [9.17, 15) is 0 Å². The maximum Gasteiger partial charge on any atom is 0.235 e. The smallest absolute Gasteiger partial charge is 0.235 e. The van der Waals surface area contributed by atoms with Gasteiger partial charge in [0.05, 0.1) is 33.3 Å². The molecule has 0 spiro atoms. The molecule has 0 unspecified atom stereocenters. The standard InChI is InChI=1S/C48H30N4/c1-3-13-31(14-4-1)32-23-26-35(27-24-32)51-42-29-30-43-44(45(42)39-28-25-33-15-7-8-18-36(33)47(39)51)38-20-10-12-22-41(38)52(43)48-49-40-21-11-9-19-37(40)46(50-48)34-16-5-2-6-17-34/h1-30H. The van der Waals surface area contributed by atoms with Crippen molar-refractivity contribution in [3.8, 4) is 34.0 Å². The molecule has 52 heavy (non-hydrogen) atoms. The summed E-state index contributed by atoms with van der Waals surface area (Å²) in [5.41, 5.74) is 11.0. The third kappa shape index (κ3) is 4.21. The van der Waals surface area contributed by atoms with Gasteiger partial charge >= 0.3 is 0 Å².